The van der Waals surface area contributed by atoms with Gasteiger partial charge in [0, 0.05) is 0 Å². The van der Waals surface area contributed by atoms with Crippen LogP contribution in [-0.4, -0.2) is 30.3 Å². The molecule has 0 saturated carbocycles. The zero-order valence-corrected chi connectivity index (χ0v) is 9.00. The van der Waals surface area contributed by atoms with E-state index in [9.17, 15) is 4.79 Å². The van der Waals surface area contributed by atoms with E-state index in [1.165, 1.54) is 0 Å². The highest BCUT2D eigenvalue weighted by Gasteiger charge is 2.19. The van der Waals surface area contributed by atoms with E-state index in [-0.39, 0.29) is 12.5 Å². The lowest BCUT2D eigenvalue weighted by Crippen LogP contribution is -2.33. The molecule has 0 bridgehead atoms. The van der Waals surface area contributed by atoms with Gasteiger partial charge in [0.25, 0.3) is 0 Å². The summed E-state index contributed by atoms with van der Waals surface area (Å²) in [5.41, 5.74) is 4.12. The zero-order chi connectivity index (χ0) is 11.2. The number of hydrogen-bond donors (Lipinski definition) is 1. The molecule has 0 aliphatic carbocycles. The molecular weight excluding hydrogens is 206 g/mol. The summed E-state index contributed by atoms with van der Waals surface area (Å²) in [7, 11) is 0. The van der Waals surface area contributed by atoms with Crippen molar-refractivity contribution in [3.63, 3.8) is 0 Å². The fraction of sp³-hybridized carbons (Fsp3) is 0.667. The van der Waals surface area contributed by atoms with Crippen LogP contribution < -0.4 is 5.73 Å². The first-order valence-corrected chi connectivity index (χ1v) is 4.58. The molecule has 0 aliphatic heterocycles. The second kappa shape index (κ2) is 5.74. The molecule has 0 aliphatic rings. The van der Waals surface area contributed by atoms with Gasteiger partial charge in [-0.15, -0.1) is 18.0 Å². The van der Waals surface area contributed by atoms with Crippen molar-refractivity contribution in [2.45, 2.75) is 25.6 Å². The lowest BCUT2D eigenvalue weighted by atomic mass is 10.1. The van der Waals surface area contributed by atoms with Crippen LogP contribution in [0.3, 0.4) is 0 Å². The van der Waals surface area contributed by atoms with E-state index < -0.39 is 17.8 Å². The van der Waals surface area contributed by atoms with Crippen LogP contribution in [0.15, 0.2) is 0 Å². The van der Waals surface area contributed by atoms with E-state index in [4.69, 9.17) is 28.5 Å². The first-order chi connectivity index (χ1) is 6.41. The number of halogens is 1. The van der Waals surface area contributed by atoms with Gasteiger partial charge in [-0.05, 0) is 13.8 Å². The van der Waals surface area contributed by atoms with Gasteiger partial charge in [0.05, 0.1) is 12.5 Å². The van der Waals surface area contributed by atoms with Gasteiger partial charge in [-0.1, -0.05) is 5.92 Å². The minimum absolute atomic E-state index is 0.115. The van der Waals surface area contributed by atoms with Crippen LogP contribution >= 0.6 is 11.6 Å². The number of carbonyl (C=O) groups excluding carboxylic acids is 1. The molecule has 0 spiro atoms. The van der Waals surface area contributed by atoms with Gasteiger partial charge in [0.1, 0.15) is 11.7 Å². The number of primary amides is 1. The Labute approximate surface area is 88.7 Å². The zero-order valence-electron chi connectivity index (χ0n) is 8.25. The molecular formula is C9H14ClNO3. The molecule has 1 unspecified atom stereocenters. The summed E-state index contributed by atoms with van der Waals surface area (Å²) >= 11 is 5.52. The van der Waals surface area contributed by atoms with Crippen molar-refractivity contribution in [2.24, 2.45) is 5.73 Å². The highest BCUT2D eigenvalue weighted by atomic mass is 35.5. The van der Waals surface area contributed by atoms with Gasteiger partial charge in [0.2, 0.25) is 0 Å². The standard InChI is InChI=1S/C9H14ClNO3/c1-4-9(2,3)13-6-7(5-10)14-8(11)12/h1,7H,5-6H2,2-3H3,(H2,11,12). The molecule has 0 fully saturated rings. The molecule has 0 aromatic rings. The third-order valence-corrected chi connectivity index (χ3v) is 1.78. The average molecular weight is 220 g/mol. The van der Waals surface area contributed by atoms with Gasteiger partial charge in [0.15, 0.2) is 0 Å². The van der Waals surface area contributed by atoms with Crippen molar-refractivity contribution in [1.82, 2.24) is 0 Å². The molecule has 14 heavy (non-hydrogen) atoms. The molecule has 80 valence electrons. The number of alkyl halides is 1. The van der Waals surface area contributed by atoms with E-state index in [0.29, 0.717) is 0 Å². The van der Waals surface area contributed by atoms with Gasteiger partial charge in [-0.2, -0.15) is 0 Å². The Morgan fingerprint density at radius 3 is 2.64 bits per heavy atom. The van der Waals surface area contributed by atoms with Crippen molar-refractivity contribution in [3.8, 4) is 12.3 Å². The molecule has 2 N–H and O–H groups in total. The molecule has 5 heteroatoms. The highest BCUT2D eigenvalue weighted by Crippen LogP contribution is 2.09. The molecule has 0 saturated heterocycles. The minimum atomic E-state index is -0.877. The van der Waals surface area contributed by atoms with Crippen LogP contribution in [-0.2, 0) is 9.47 Å². The molecule has 1 amide bonds. The largest absolute Gasteiger partial charge is 0.443 e. The van der Waals surface area contributed by atoms with Gasteiger partial charge < -0.3 is 15.2 Å². The second-order valence-corrected chi connectivity index (χ2v) is 3.49. The number of rotatable bonds is 5. The van der Waals surface area contributed by atoms with E-state index >= 15 is 0 Å². The molecule has 0 rings (SSSR count). The normalized spacial score (nSPS) is 13.0. The molecule has 1 atom stereocenters. The van der Waals surface area contributed by atoms with Crippen LogP contribution in [0.5, 0.6) is 0 Å². The number of hydrogen-bond acceptors (Lipinski definition) is 3. The van der Waals surface area contributed by atoms with Crippen LogP contribution in [0.1, 0.15) is 13.8 Å². The van der Waals surface area contributed by atoms with E-state index in [0.717, 1.165) is 0 Å². The quantitative estimate of drug-likeness (QED) is 0.557. The van der Waals surface area contributed by atoms with E-state index in [2.05, 4.69) is 10.7 Å². The molecule has 0 heterocycles. The number of carbonyl (C=O) groups is 1. The summed E-state index contributed by atoms with van der Waals surface area (Å²) < 4.78 is 9.93. The molecule has 0 aromatic heterocycles. The second-order valence-electron chi connectivity index (χ2n) is 3.18. The number of nitrogens with two attached hydrogens (primary N) is 1. The SMILES string of the molecule is C#CC(C)(C)OCC(CCl)OC(N)=O. The van der Waals surface area contributed by atoms with E-state index in [1.54, 1.807) is 13.8 Å². The average Bonchev–Trinajstić information content (AvgIpc) is 2.12. The minimum Gasteiger partial charge on any atom is -0.443 e. The van der Waals surface area contributed by atoms with Crippen molar-refractivity contribution in [3.05, 3.63) is 0 Å². The van der Waals surface area contributed by atoms with Gasteiger partial charge >= 0.3 is 6.09 Å². The Kier molecular flexibility index (Phi) is 5.36. The van der Waals surface area contributed by atoms with Crippen LogP contribution in [0.25, 0.3) is 0 Å². The summed E-state index contributed by atoms with van der Waals surface area (Å²) in [5.74, 6) is 2.55. The summed E-state index contributed by atoms with van der Waals surface area (Å²) in [6, 6.07) is 0. The van der Waals surface area contributed by atoms with E-state index in [1.807, 2.05) is 0 Å². The fourth-order valence-electron chi connectivity index (χ4n) is 0.617. The molecule has 4 nitrogen and oxygen atoms in total. The number of amides is 1. The Hall–Kier alpha value is -0.920. The van der Waals surface area contributed by atoms with Crippen molar-refractivity contribution < 1.29 is 14.3 Å². The fourth-order valence-corrected chi connectivity index (χ4v) is 0.769. The summed E-state index contributed by atoms with van der Waals surface area (Å²) in [5, 5.41) is 0. The molecule has 0 aromatic carbocycles. The third kappa shape index (κ3) is 5.68. The van der Waals surface area contributed by atoms with Crippen molar-refractivity contribution >= 4 is 17.7 Å². The number of ether oxygens (including phenoxy) is 2. The first-order valence-electron chi connectivity index (χ1n) is 4.05. The number of terminal acetylenes is 1. The maximum absolute atomic E-state index is 10.4. The van der Waals surface area contributed by atoms with Crippen molar-refractivity contribution in [2.75, 3.05) is 12.5 Å². The predicted octanol–water partition coefficient (Wildman–Crippen LogP) is 1.12. The Bertz CT molecular complexity index is 235. The van der Waals surface area contributed by atoms with Crippen LogP contribution in [0.2, 0.25) is 0 Å². The van der Waals surface area contributed by atoms with Crippen molar-refractivity contribution in [1.29, 1.82) is 0 Å². The summed E-state index contributed by atoms with van der Waals surface area (Å²) in [4.78, 5) is 10.4. The maximum atomic E-state index is 10.4. The van der Waals surface area contributed by atoms with Crippen LogP contribution in [0.4, 0.5) is 4.79 Å². The Balaban J connectivity index is 3.97. The summed E-state index contributed by atoms with van der Waals surface area (Å²) in [6.45, 7) is 3.58. The molecule has 0 radical (unpaired) electrons. The third-order valence-electron chi connectivity index (χ3n) is 1.43. The van der Waals surface area contributed by atoms with Crippen LogP contribution in [0, 0.1) is 12.3 Å². The monoisotopic (exact) mass is 219 g/mol. The maximum Gasteiger partial charge on any atom is 0.404 e. The predicted molar refractivity (Wildman–Crippen MR) is 54.0 cm³/mol. The Morgan fingerprint density at radius 1 is 1.71 bits per heavy atom. The lowest BCUT2D eigenvalue weighted by molar-refractivity contribution is -0.0250. The highest BCUT2D eigenvalue weighted by molar-refractivity contribution is 6.18. The van der Waals surface area contributed by atoms with Gasteiger partial charge in [-0.3, -0.25) is 0 Å². The van der Waals surface area contributed by atoms with Gasteiger partial charge in [-0.25, -0.2) is 4.79 Å². The Morgan fingerprint density at radius 2 is 2.29 bits per heavy atom. The smallest absolute Gasteiger partial charge is 0.404 e. The lowest BCUT2D eigenvalue weighted by Gasteiger charge is -2.22. The summed E-state index contributed by atoms with van der Waals surface area (Å²) in [6.07, 6.45) is 3.75. The topological polar surface area (TPSA) is 61.6 Å². The first kappa shape index (κ1) is 13.1.